The largest absolute Gasteiger partial charge is 0.450 e. The molecule has 5 heteroatoms. The van der Waals surface area contributed by atoms with Gasteiger partial charge in [-0.2, -0.15) is 0 Å². The van der Waals surface area contributed by atoms with E-state index in [-0.39, 0.29) is 17.3 Å². The first-order valence-corrected chi connectivity index (χ1v) is 8.79. The Labute approximate surface area is 151 Å². The smallest absolute Gasteiger partial charge is 0.291 e. The number of rotatable bonds is 2. The van der Waals surface area contributed by atoms with Gasteiger partial charge in [-0.05, 0) is 62.1 Å². The number of halogens is 1. The lowest BCUT2D eigenvalue weighted by molar-refractivity contribution is 0.0997. The lowest BCUT2D eigenvalue weighted by Gasteiger charge is -2.19. The topological polar surface area (TPSA) is 54.3 Å². The van der Waals surface area contributed by atoms with E-state index in [1.165, 1.54) is 0 Å². The molecule has 0 fully saturated rings. The van der Waals surface area contributed by atoms with E-state index < -0.39 is 5.91 Å². The fourth-order valence-electron chi connectivity index (χ4n) is 3.70. The first-order chi connectivity index (χ1) is 12.5. The van der Waals surface area contributed by atoms with Crippen LogP contribution in [0.15, 0.2) is 28.7 Å². The molecular formula is C21H21FN2O2. The van der Waals surface area contributed by atoms with E-state index in [1.807, 2.05) is 39.0 Å². The quantitative estimate of drug-likeness (QED) is 0.719. The highest BCUT2D eigenvalue weighted by molar-refractivity contribution is 6.07. The highest BCUT2D eigenvalue weighted by Crippen LogP contribution is 2.31. The standard InChI is InChI=1S/C21H21FN2O2/c1-11-4-5-12(2)19-17(11)13(3)20(26-19)21(25)24-16-7-6-14-10-23-9-8-15(14)18(16)22/h4-7,23H,8-10H2,1-3H3,(H,24,25). The number of anilines is 1. The second kappa shape index (κ2) is 6.25. The van der Waals surface area contributed by atoms with Gasteiger partial charge in [0.05, 0.1) is 5.69 Å². The molecule has 1 aliphatic heterocycles. The van der Waals surface area contributed by atoms with Crippen LogP contribution in [-0.2, 0) is 13.0 Å². The van der Waals surface area contributed by atoms with Crippen molar-refractivity contribution in [2.24, 2.45) is 0 Å². The predicted octanol–water partition coefficient (Wildman–Crippen LogP) is 4.40. The molecule has 3 aromatic rings. The highest BCUT2D eigenvalue weighted by Gasteiger charge is 2.22. The van der Waals surface area contributed by atoms with Crippen LogP contribution in [0.2, 0.25) is 0 Å². The minimum absolute atomic E-state index is 0.198. The monoisotopic (exact) mass is 352 g/mol. The van der Waals surface area contributed by atoms with E-state index in [4.69, 9.17) is 4.42 Å². The molecule has 2 N–H and O–H groups in total. The Morgan fingerprint density at radius 2 is 1.92 bits per heavy atom. The minimum atomic E-state index is -0.426. The third-order valence-electron chi connectivity index (χ3n) is 5.14. The van der Waals surface area contributed by atoms with Crippen LogP contribution in [0.3, 0.4) is 0 Å². The maximum atomic E-state index is 14.8. The predicted molar refractivity (Wildman–Crippen MR) is 100 cm³/mol. The number of fused-ring (bicyclic) bond motifs is 2. The van der Waals surface area contributed by atoms with E-state index in [9.17, 15) is 9.18 Å². The van der Waals surface area contributed by atoms with E-state index in [0.717, 1.165) is 34.2 Å². The van der Waals surface area contributed by atoms with E-state index in [2.05, 4.69) is 10.6 Å². The molecule has 0 radical (unpaired) electrons. The lowest BCUT2D eigenvalue weighted by Crippen LogP contribution is -2.25. The van der Waals surface area contributed by atoms with Crippen LogP contribution in [0, 0.1) is 26.6 Å². The zero-order valence-corrected chi connectivity index (χ0v) is 15.1. The van der Waals surface area contributed by atoms with Gasteiger partial charge in [-0.25, -0.2) is 4.39 Å². The molecule has 1 amide bonds. The zero-order chi connectivity index (χ0) is 18.4. The third kappa shape index (κ3) is 2.59. The van der Waals surface area contributed by atoms with Crippen LogP contribution in [-0.4, -0.2) is 12.5 Å². The Balaban J connectivity index is 1.72. The molecular weight excluding hydrogens is 331 g/mol. The number of furan rings is 1. The van der Waals surface area contributed by atoms with Crippen molar-refractivity contribution in [2.45, 2.75) is 33.7 Å². The number of hydrogen-bond acceptors (Lipinski definition) is 3. The van der Waals surface area contributed by atoms with Crippen molar-refractivity contribution >= 4 is 22.6 Å². The van der Waals surface area contributed by atoms with Gasteiger partial charge in [-0.3, -0.25) is 4.79 Å². The first kappa shape index (κ1) is 16.8. The van der Waals surface area contributed by atoms with Crippen molar-refractivity contribution in [3.8, 4) is 0 Å². The average molecular weight is 352 g/mol. The molecule has 0 saturated carbocycles. The van der Waals surface area contributed by atoms with Crippen molar-refractivity contribution in [1.82, 2.24) is 5.32 Å². The van der Waals surface area contributed by atoms with Crippen LogP contribution >= 0.6 is 0 Å². The van der Waals surface area contributed by atoms with Crippen LogP contribution in [0.25, 0.3) is 11.0 Å². The number of hydrogen-bond donors (Lipinski definition) is 2. The number of carbonyl (C=O) groups excluding carboxylic acids is 1. The Morgan fingerprint density at radius 3 is 2.69 bits per heavy atom. The molecule has 0 unspecified atom stereocenters. The summed E-state index contributed by atoms with van der Waals surface area (Å²) in [4.78, 5) is 12.8. The van der Waals surface area contributed by atoms with Crippen molar-refractivity contribution in [1.29, 1.82) is 0 Å². The molecule has 0 aliphatic carbocycles. The van der Waals surface area contributed by atoms with Gasteiger partial charge in [0.1, 0.15) is 11.4 Å². The van der Waals surface area contributed by atoms with Gasteiger partial charge in [0.2, 0.25) is 0 Å². The highest BCUT2D eigenvalue weighted by atomic mass is 19.1. The average Bonchev–Trinajstić information content (AvgIpc) is 3.00. The van der Waals surface area contributed by atoms with Gasteiger partial charge in [-0.1, -0.05) is 18.2 Å². The number of amides is 1. The molecule has 26 heavy (non-hydrogen) atoms. The zero-order valence-electron chi connectivity index (χ0n) is 15.1. The molecule has 2 aromatic carbocycles. The van der Waals surface area contributed by atoms with Crippen molar-refractivity contribution in [3.63, 3.8) is 0 Å². The maximum Gasteiger partial charge on any atom is 0.291 e. The summed E-state index contributed by atoms with van der Waals surface area (Å²) in [5, 5.41) is 6.86. The van der Waals surface area contributed by atoms with Crippen LogP contribution < -0.4 is 10.6 Å². The summed E-state index contributed by atoms with van der Waals surface area (Å²) < 4.78 is 20.6. The number of aryl methyl sites for hydroxylation is 3. The van der Waals surface area contributed by atoms with Gasteiger partial charge < -0.3 is 15.1 Å². The number of nitrogens with one attached hydrogen (secondary N) is 2. The van der Waals surface area contributed by atoms with Crippen LogP contribution in [0.1, 0.15) is 38.4 Å². The van der Waals surface area contributed by atoms with Crippen molar-refractivity contribution in [3.05, 3.63) is 63.7 Å². The molecule has 4 rings (SSSR count). The molecule has 0 saturated heterocycles. The molecule has 0 spiro atoms. The van der Waals surface area contributed by atoms with E-state index >= 15 is 0 Å². The number of benzene rings is 2. The molecule has 4 nitrogen and oxygen atoms in total. The van der Waals surface area contributed by atoms with Crippen LogP contribution in [0.5, 0.6) is 0 Å². The van der Waals surface area contributed by atoms with E-state index in [1.54, 1.807) is 6.07 Å². The summed E-state index contributed by atoms with van der Waals surface area (Å²) in [6.07, 6.45) is 0.618. The Bertz CT molecular complexity index is 1040. The lowest BCUT2D eigenvalue weighted by atomic mass is 9.99. The van der Waals surface area contributed by atoms with Gasteiger partial charge in [0.25, 0.3) is 5.91 Å². The normalized spacial score (nSPS) is 13.7. The van der Waals surface area contributed by atoms with Gasteiger partial charge in [0, 0.05) is 17.5 Å². The molecule has 134 valence electrons. The van der Waals surface area contributed by atoms with Crippen molar-refractivity contribution in [2.75, 3.05) is 11.9 Å². The summed E-state index contributed by atoms with van der Waals surface area (Å²) >= 11 is 0. The molecule has 1 aromatic heterocycles. The minimum Gasteiger partial charge on any atom is -0.450 e. The van der Waals surface area contributed by atoms with E-state index in [0.29, 0.717) is 24.1 Å². The van der Waals surface area contributed by atoms with Gasteiger partial charge >= 0.3 is 0 Å². The second-order valence-corrected chi connectivity index (χ2v) is 6.91. The maximum absolute atomic E-state index is 14.8. The summed E-state index contributed by atoms with van der Waals surface area (Å²) in [7, 11) is 0. The summed E-state index contributed by atoms with van der Waals surface area (Å²) in [6, 6.07) is 7.46. The second-order valence-electron chi connectivity index (χ2n) is 6.91. The van der Waals surface area contributed by atoms with Crippen LogP contribution in [0.4, 0.5) is 10.1 Å². The summed E-state index contributed by atoms with van der Waals surface area (Å²) in [5.74, 6) is -0.542. The fraction of sp³-hybridized carbons (Fsp3) is 0.286. The first-order valence-electron chi connectivity index (χ1n) is 8.79. The Hall–Kier alpha value is -2.66. The van der Waals surface area contributed by atoms with Gasteiger partial charge in [-0.15, -0.1) is 0 Å². The summed E-state index contributed by atoms with van der Waals surface area (Å²) in [5.41, 5.74) is 5.33. The SMILES string of the molecule is Cc1ccc(C)c2c(C)c(C(=O)Nc3ccc4c(c3F)CCNC4)oc12. The molecule has 0 atom stereocenters. The Morgan fingerprint density at radius 1 is 1.15 bits per heavy atom. The molecule has 0 bridgehead atoms. The summed E-state index contributed by atoms with van der Waals surface area (Å²) in [6.45, 7) is 7.19. The number of carbonyl (C=O) groups is 1. The third-order valence-corrected chi connectivity index (χ3v) is 5.14. The van der Waals surface area contributed by atoms with Crippen molar-refractivity contribution < 1.29 is 13.6 Å². The molecule has 2 heterocycles. The molecule has 1 aliphatic rings. The fourth-order valence-corrected chi connectivity index (χ4v) is 3.70. The Kier molecular flexibility index (Phi) is 4.04. The van der Waals surface area contributed by atoms with Gasteiger partial charge in [0.15, 0.2) is 5.76 Å².